The van der Waals surface area contributed by atoms with Gasteiger partial charge in [-0.25, -0.2) is 18.7 Å². The molecule has 0 spiro atoms. The van der Waals surface area contributed by atoms with E-state index < -0.39 is 5.92 Å². The Morgan fingerprint density at radius 2 is 2.10 bits per heavy atom. The van der Waals surface area contributed by atoms with E-state index >= 15 is 0 Å². The summed E-state index contributed by atoms with van der Waals surface area (Å²) in [5.41, 5.74) is 1.99. The molecule has 0 bridgehead atoms. The van der Waals surface area contributed by atoms with Gasteiger partial charge in [0.2, 0.25) is 5.92 Å². The molecule has 3 aromatic rings. The van der Waals surface area contributed by atoms with E-state index in [2.05, 4.69) is 20.2 Å². The zero-order valence-corrected chi connectivity index (χ0v) is 15.7. The fourth-order valence-electron chi connectivity index (χ4n) is 4.21. The summed E-state index contributed by atoms with van der Waals surface area (Å²) in [6.07, 6.45) is 6.86. The normalized spacial score (nSPS) is 20.6. The fourth-order valence-corrected chi connectivity index (χ4v) is 4.21. The molecule has 0 saturated heterocycles. The maximum Gasteiger partial charge on any atom is 0.250 e. The maximum absolute atomic E-state index is 13.7. The Balaban J connectivity index is 1.45. The fraction of sp³-hybridized carbons (Fsp3) is 0.400. The lowest BCUT2D eigenvalue weighted by atomic mass is 10.1. The highest BCUT2D eigenvalue weighted by Gasteiger charge is 2.43. The number of rotatable bonds is 3. The number of hydrogen-bond donors (Lipinski definition) is 1. The van der Waals surface area contributed by atoms with Gasteiger partial charge in [-0.15, -0.1) is 10.2 Å². The third-order valence-electron chi connectivity index (χ3n) is 5.67. The number of aromatic hydroxyl groups is 1. The van der Waals surface area contributed by atoms with Gasteiger partial charge in [0.05, 0.1) is 23.3 Å². The molecule has 0 amide bonds. The number of phenolic OH excluding ortho intramolecular Hbond substituents is 1. The van der Waals surface area contributed by atoms with E-state index in [0.29, 0.717) is 36.6 Å². The molecule has 0 radical (unpaired) electrons. The second-order valence-corrected chi connectivity index (χ2v) is 7.63. The van der Waals surface area contributed by atoms with Gasteiger partial charge in [-0.05, 0) is 31.4 Å². The number of alkyl halides is 2. The standard InChI is InChI=1S/C20H20F2N6O/c21-20(22)6-5-14(11-20)28-8-1-2-16-19(28)26-25-18(24-16)15-4-3-13(10-17(15)29)27-9-7-23-12-27/h3-4,7,9-10,12,14,29H,1-2,5-6,8,11H2/t14-/m0/s1. The number of imidazole rings is 1. The van der Waals surface area contributed by atoms with E-state index in [0.717, 1.165) is 17.8 Å². The van der Waals surface area contributed by atoms with Crippen molar-refractivity contribution in [2.24, 2.45) is 0 Å². The van der Waals surface area contributed by atoms with E-state index in [-0.39, 0.29) is 24.6 Å². The SMILES string of the molecule is Oc1cc(-n2ccnc2)ccc1-c1nnc2c(n1)CCCN2[C@H]1CCC(F)(F)C1. The molecule has 1 aliphatic heterocycles. The Morgan fingerprint density at radius 1 is 1.21 bits per heavy atom. The molecule has 29 heavy (non-hydrogen) atoms. The number of aryl methyl sites for hydroxylation is 1. The van der Waals surface area contributed by atoms with Crippen LogP contribution in [0.2, 0.25) is 0 Å². The molecule has 150 valence electrons. The van der Waals surface area contributed by atoms with Crippen LogP contribution < -0.4 is 4.90 Å². The molecule has 2 aromatic heterocycles. The van der Waals surface area contributed by atoms with Gasteiger partial charge in [0.25, 0.3) is 0 Å². The maximum atomic E-state index is 13.7. The molecule has 9 heteroatoms. The molecule has 1 fully saturated rings. The molecule has 0 unspecified atom stereocenters. The summed E-state index contributed by atoms with van der Waals surface area (Å²) in [6, 6.07) is 4.97. The van der Waals surface area contributed by atoms with Crippen LogP contribution in [0.15, 0.2) is 36.9 Å². The highest BCUT2D eigenvalue weighted by molar-refractivity contribution is 5.66. The van der Waals surface area contributed by atoms with E-state index in [9.17, 15) is 13.9 Å². The van der Waals surface area contributed by atoms with Gasteiger partial charge in [-0.1, -0.05) is 0 Å². The van der Waals surface area contributed by atoms with Crippen LogP contribution in [0.1, 0.15) is 31.4 Å². The van der Waals surface area contributed by atoms with Crippen molar-refractivity contribution < 1.29 is 13.9 Å². The second-order valence-electron chi connectivity index (χ2n) is 7.63. The Bertz CT molecular complexity index is 1040. The van der Waals surface area contributed by atoms with E-state index in [1.807, 2.05) is 11.0 Å². The van der Waals surface area contributed by atoms with Crippen molar-refractivity contribution >= 4 is 5.82 Å². The summed E-state index contributed by atoms with van der Waals surface area (Å²) in [7, 11) is 0. The number of phenols is 1. The van der Waals surface area contributed by atoms with Gasteiger partial charge in [0, 0.05) is 43.9 Å². The first-order valence-corrected chi connectivity index (χ1v) is 9.70. The lowest BCUT2D eigenvalue weighted by molar-refractivity contribution is 0.00769. The quantitative estimate of drug-likeness (QED) is 0.729. The van der Waals surface area contributed by atoms with Crippen molar-refractivity contribution in [1.82, 2.24) is 24.7 Å². The highest BCUT2D eigenvalue weighted by atomic mass is 19.3. The summed E-state index contributed by atoms with van der Waals surface area (Å²) in [6.45, 7) is 0.689. The van der Waals surface area contributed by atoms with Gasteiger partial charge < -0.3 is 14.6 Å². The number of halogens is 2. The zero-order valence-electron chi connectivity index (χ0n) is 15.7. The van der Waals surface area contributed by atoms with Gasteiger partial charge in [0.15, 0.2) is 11.6 Å². The Kier molecular flexibility index (Phi) is 4.18. The molecule has 3 heterocycles. The lowest BCUT2D eigenvalue weighted by Crippen LogP contribution is -2.39. The van der Waals surface area contributed by atoms with Crippen LogP contribution in [-0.2, 0) is 6.42 Å². The van der Waals surface area contributed by atoms with E-state index in [4.69, 9.17) is 0 Å². The molecule has 1 saturated carbocycles. The number of benzene rings is 1. The minimum atomic E-state index is -2.61. The average Bonchev–Trinajstić information content (AvgIpc) is 3.36. The predicted molar refractivity (Wildman–Crippen MR) is 102 cm³/mol. The third-order valence-corrected chi connectivity index (χ3v) is 5.67. The van der Waals surface area contributed by atoms with Crippen molar-refractivity contribution in [3.8, 4) is 22.8 Å². The Labute approximate surface area is 166 Å². The van der Waals surface area contributed by atoms with Crippen LogP contribution in [0, 0.1) is 0 Å². The molecule has 1 aromatic carbocycles. The number of nitrogens with zero attached hydrogens (tertiary/aromatic N) is 6. The summed E-state index contributed by atoms with van der Waals surface area (Å²) >= 11 is 0. The molecular formula is C20H20F2N6O. The first-order chi connectivity index (χ1) is 14.0. The second kappa shape index (κ2) is 6.75. The van der Waals surface area contributed by atoms with E-state index in [1.54, 1.807) is 35.4 Å². The molecular weight excluding hydrogens is 378 g/mol. The highest BCUT2D eigenvalue weighted by Crippen LogP contribution is 2.40. The van der Waals surface area contributed by atoms with Crippen LogP contribution in [0.5, 0.6) is 5.75 Å². The van der Waals surface area contributed by atoms with Gasteiger partial charge in [0.1, 0.15) is 5.75 Å². The molecule has 2 aliphatic rings. The van der Waals surface area contributed by atoms with Crippen LogP contribution in [0.25, 0.3) is 17.1 Å². The smallest absolute Gasteiger partial charge is 0.250 e. The molecule has 5 rings (SSSR count). The summed E-state index contributed by atoms with van der Waals surface area (Å²) in [5, 5.41) is 19.0. The van der Waals surface area contributed by atoms with Crippen LogP contribution >= 0.6 is 0 Å². The van der Waals surface area contributed by atoms with Crippen molar-refractivity contribution in [3.05, 3.63) is 42.6 Å². The molecule has 7 nitrogen and oxygen atoms in total. The number of hydrogen-bond acceptors (Lipinski definition) is 6. The van der Waals surface area contributed by atoms with Crippen molar-refractivity contribution in [2.75, 3.05) is 11.4 Å². The third kappa shape index (κ3) is 3.30. The minimum absolute atomic E-state index is 0.0426. The van der Waals surface area contributed by atoms with Gasteiger partial charge in [-0.2, -0.15) is 0 Å². The largest absolute Gasteiger partial charge is 0.507 e. The Morgan fingerprint density at radius 3 is 2.83 bits per heavy atom. The summed E-state index contributed by atoms with van der Waals surface area (Å²) < 4.78 is 29.1. The summed E-state index contributed by atoms with van der Waals surface area (Å²) in [4.78, 5) is 10.5. The predicted octanol–water partition coefficient (Wildman–Crippen LogP) is 3.37. The van der Waals surface area contributed by atoms with Crippen LogP contribution in [0.4, 0.5) is 14.6 Å². The zero-order chi connectivity index (χ0) is 20.0. The van der Waals surface area contributed by atoms with Crippen LogP contribution in [0.3, 0.4) is 0 Å². The van der Waals surface area contributed by atoms with Crippen LogP contribution in [-0.4, -0.2) is 48.3 Å². The number of anilines is 1. The first kappa shape index (κ1) is 18.0. The molecule has 1 N–H and O–H groups in total. The first-order valence-electron chi connectivity index (χ1n) is 9.70. The number of fused-ring (bicyclic) bond motifs is 1. The monoisotopic (exact) mass is 398 g/mol. The molecule has 1 aliphatic carbocycles. The Hall–Kier alpha value is -3.10. The van der Waals surface area contributed by atoms with Gasteiger partial charge >= 0.3 is 0 Å². The van der Waals surface area contributed by atoms with Crippen molar-refractivity contribution in [2.45, 2.75) is 44.1 Å². The average molecular weight is 398 g/mol. The molecule has 1 atom stereocenters. The minimum Gasteiger partial charge on any atom is -0.507 e. The summed E-state index contributed by atoms with van der Waals surface area (Å²) in [5.74, 6) is -1.64. The van der Waals surface area contributed by atoms with E-state index in [1.165, 1.54) is 0 Å². The lowest BCUT2D eigenvalue weighted by Gasteiger charge is -2.34. The topological polar surface area (TPSA) is 80.0 Å². The number of aromatic nitrogens is 5. The van der Waals surface area contributed by atoms with Crippen molar-refractivity contribution in [1.29, 1.82) is 0 Å². The van der Waals surface area contributed by atoms with Gasteiger partial charge in [-0.3, -0.25) is 0 Å². The van der Waals surface area contributed by atoms with Crippen molar-refractivity contribution in [3.63, 3.8) is 0 Å².